The van der Waals surface area contributed by atoms with Crippen LogP contribution >= 0.6 is 11.6 Å². The molecule has 0 aliphatic rings. The Labute approximate surface area is 186 Å². The first kappa shape index (κ1) is 21.5. The minimum atomic E-state index is -0.815. The number of aromatic amines is 2. The van der Waals surface area contributed by atoms with E-state index < -0.39 is 17.5 Å². The summed E-state index contributed by atoms with van der Waals surface area (Å²) in [6.45, 7) is -0.306. The molecule has 0 aliphatic heterocycles. The molecule has 0 unspecified atom stereocenters. The second-order valence-electron chi connectivity index (χ2n) is 6.97. The van der Waals surface area contributed by atoms with Gasteiger partial charge in [0.15, 0.2) is 5.82 Å². The number of nitrogens with one attached hydrogen (secondary N) is 3. The summed E-state index contributed by atoms with van der Waals surface area (Å²) >= 11 is 5.62. The van der Waals surface area contributed by atoms with Gasteiger partial charge >= 0.3 is 0 Å². The monoisotopic (exact) mass is 453 g/mol. The van der Waals surface area contributed by atoms with Gasteiger partial charge in [0.25, 0.3) is 5.91 Å². The molecule has 162 valence electrons. The average molecular weight is 454 g/mol. The number of H-pyrrole nitrogens is 2. The number of halogens is 3. The van der Waals surface area contributed by atoms with Gasteiger partial charge in [0.05, 0.1) is 16.6 Å². The third kappa shape index (κ3) is 3.80. The molecule has 3 N–H and O–H groups in total. The maximum atomic E-state index is 13.9. The molecule has 0 fully saturated rings. The predicted molar refractivity (Wildman–Crippen MR) is 120 cm³/mol. The van der Waals surface area contributed by atoms with Crippen LogP contribution in [0.3, 0.4) is 0 Å². The molecular formula is C23H18ClF2N5O. The van der Waals surface area contributed by atoms with E-state index in [9.17, 15) is 13.6 Å². The maximum Gasteiger partial charge on any atom is 0.251 e. The standard InChI is InChI=1S/C22H14ClF2N5O.CH4/c23-12-8-15(24)14(16(25)9-12)10-26-22(31)11-5-6-18-19(7-11)28-21(27-18)20-13-3-1-2-4-17(13)29-30-20;/h1-9H,10H2,(H,26,31)(H,27,28)(H,29,30);1H4. The molecule has 0 bridgehead atoms. The van der Waals surface area contributed by atoms with Crippen LogP contribution in [-0.2, 0) is 6.54 Å². The molecule has 6 nitrogen and oxygen atoms in total. The van der Waals surface area contributed by atoms with E-state index in [0.29, 0.717) is 28.1 Å². The molecule has 9 heteroatoms. The molecule has 0 saturated heterocycles. The molecular weight excluding hydrogens is 436 g/mol. The van der Waals surface area contributed by atoms with E-state index >= 15 is 0 Å². The van der Waals surface area contributed by atoms with Gasteiger partial charge in [-0.3, -0.25) is 9.89 Å². The molecule has 5 aromatic rings. The van der Waals surface area contributed by atoms with Gasteiger partial charge in [0.1, 0.15) is 17.3 Å². The van der Waals surface area contributed by atoms with Crippen LogP contribution in [0, 0.1) is 11.6 Å². The lowest BCUT2D eigenvalue weighted by molar-refractivity contribution is 0.0950. The van der Waals surface area contributed by atoms with Crippen molar-refractivity contribution < 1.29 is 13.6 Å². The number of para-hydroxylation sites is 1. The highest BCUT2D eigenvalue weighted by Crippen LogP contribution is 2.26. The van der Waals surface area contributed by atoms with Crippen molar-refractivity contribution in [3.8, 4) is 11.5 Å². The summed E-state index contributed by atoms with van der Waals surface area (Å²) in [5, 5.41) is 10.7. The summed E-state index contributed by atoms with van der Waals surface area (Å²) < 4.78 is 27.8. The summed E-state index contributed by atoms with van der Waals surface area (Å²) in [5.41, 5.74) is 2.93. The Kier molecular flexibility index (Phi) is 5.63. The Hall–Kier alpha value is -3.78. The van der Waals surface area contributed by atoms with Gasteiger partial charge in [-0.1, -0.05) is 37.2 Å². The fraction of sp³-hybridized carbons (Fsp3) is 0.0870. The quantitative estimate of drug-likeness (QED) is 0.331. The predicted octanol–water partition coefficient (Wildman–Crippen LogP) is 5.60. The van der Waals surface area contributed by atoms with Gasteiger partial charge in [0, 0.05) is 28.1 Å². The SMILES string of the molecule is C.O=C(NCc1c(F)cc(Cl)cc1F)c1ccc2nc(-c3n[nH]c4ccccc34)[nH]c2c1. The Bertz CT molecular complexity index is 1440. The Morgan fingerprint density at radius 3 is 2.56 bits per heavy atom. The number of carbonyl (C=O) groups excluding carboxylic acids is 1. The fourth-order valence-electron chi connectivity index (χ4n) is 3.42. The van der Waals surface area contributed by atoms with Gasteiger partial charge in [0.2, 0.25) is 0 Å². The number of imidazole rings is 1. The van der Waals surface area contributed by atoms with E-state index in [0.717, 1.165) is 23.0 Å². The molecule has 32 heavy (non-hydrogen) atoms. The molecule has 0 saturated carbocycles. The van der Waals surface area contributed by atoms with Gasteiger partial charge in [-0.05, 0) is 36.4 Å². The van der Waals surface area contributed by atoms with E-state index in [4.69, 9.17) is 11.6 Å². The molecule has 3 aromatic carbocycles. The number of carbonyl (C=O) groups is 1. The summed E-state index contributed by atoms with van der Waals surface area (Å²) in [4.78, 5) is 20.3. The molecule has 2 heterocycles. The number of hydrogen-bond acceptors (Lipinski definition) is 3. The van der Waals surface area contributed by atoms with Crippen LogP contribution in [-0.4, -0.2) is 26.1 Å². The van der Waals surface area contributed by atoms with E-state index in [-0.39, 0.29) is 24.6 Å². The third-order valence-corrected chi connectivity index (χ3v) is 5.19. The minimum Gasteiger partial charge on any atom is -0.348 e. The van der Waals surface area contributed by atoms with Crippen molar-refractivity contribution in [1.82, 2.24) is 25.5 Å². The van der Waals surface area contributed by atoms with Crippen LogP contribution in [0.1, 0.15) is 23.3 Å². The second kappa shape index (κ2) is 8.39. The summed E-state index contributed by atoms with van der Waals surface area (Å²) in [6, 6.07) is 14.6. The second-order valence-corrected chi connectivity index (χ2v) is 7.40. The average Bonchev–Trinajstić information content (AvgIpc) is 3.36. The molecule has 0 aliphatic carbocycles. The van der Waals surface area contributed by atoms with Crippen molar-refractivity contribution in [3.63, 3.8) is 0 Å². The zero-order valence-corrected chi connectivity index (χ0v) is 16.6. The molecule has 1 amide bonds. The number of aromatic nitrogens is 4. The Morgan fingerprint density at radius 2 is 1.78 bits per heavy atom. The Morgan fingerprint density at radius 1 is 1.03 bits per heavy atom. The van der Waals surface area contributed by atoms with E-state index in [1.165, 1.54) is 0 Å². The van der Waals surface area contributed by atoms with Crippen molar-refractivity contribution in [1.29, 1.82) is 0 Å². The number of nitrogens with zero attached hydrogens (tertiary/aromatic N) is 2. The smallest absolute Gasteiger partial charge is 0.251 e. The topological polar surface area (TPSA) is 86.5 Å². The van der Waals surface area contributed by atoms with Crippen molar-refractivity contribution in [2.24, 2.45) is 0 Å². The van der Waals surface area contributed by atoms with Crippen molar-refractivity contribution in [2.75, 3.05) is 0 Å². The number of hydrogen-bond donors (Lipinski definition) is 3. The van der Waals surface area contributed by atoms with Crippen LogP contribution in [0.15, 0.2) is 54.6 Å². The zero-order valence-electron chi connectivity index (χ0n) is 15.8. The van der Waals surface area contributed by atoms with Crippen LogP contribution in [0.5, 0.6) is 0 Å². The van der Waals surface area contributed by atoms with E-state index in [2.05, 4.69) is 25.5 Å². The molecule has 2 aromatic heterocycles. The van der Waals surface area contributed by atoms with E-state index in [1.54, 1.807) is 18.2 Å². The molecule has 0 spiro atoms. The lowest BCUT2D eigenvalue weighted by Gasteiger charge is -2.08. The van der Waals surface area contributed by atoms with Gasteiger partial charge in [-0.2, -0.15) is 5.10 Å². The fourth-order valence-corrected chi connectivity index (χ4v) is 3.61. The van der Waals surface area contributed by atoms with Crippen molar-refractivity contribution in [2.45, 2.75) is 14.0 Å². The van der Waals surface area contributed by atoms with Crippen LogP contribution in [0.4, 0.5) is 8.78 Å². The summed E-state index contributed by atoms with van der Waals surface area (Å²) in [7, 11) is 0. The van der Waals surface area contributed by atoms with Crippen LogP contribution in [0.25, 0.3) is 33.5 Å². The van der Waals surface area contributed by atoms with Crippen molar-refractivity contribution in [3.05, 3.63) is 82.4 Å². The highest BCUT2D eigenvalue weighted by atomic mass is 35.5. The zero-order chi connectivity index (χ0) is 21.5. The number of benzene rings is 3. The van der Waals surface area contributed by atoms with Crippen LogP contribution < -0.4 is 5.32 Å². The van der Waals surface area contributed by atoms with E-state index in [1.807, 2.05) is 24.3 Å². The highest BCUT2D eigenvalue weighted by Gasteiger charge is 2.15. The summed E-state index contributed by atoms with van der Waals surface area (Å²) in [5.74, 6) is -1.54. The largest absolute Gasteiger partial charge is 0.348 e. The summed E-state index contributed by atoms with van der Waals surface area (Å²) in [6.07, 6.45) is 0. The minimum absolute atomic E-state index is 0. The molecule has 5 rings (SSSR count). The normalized spacial score (nSPS) is 11.0. The molecule has 0 radical (unpaired) electrons. The van der Waals surface area contributed by atoms with Crippen LogP contribution in [0.2, 0.25) is 5.02 Å². The van der Waals surface area contributed by atoms with Crippen molar-refractivity contribution >= 4 is 39.4 Å². The number of rotatable bonds is 4. The number of amides is 1. The molecule has 0 atom stereocenters. The van der Waals surface area contributed by atoms with Gasteiger partial charge in [-0.15, -0.1) is 0 Å². The lowest BCUT2D eigenvalue weighted by atomic mass is 10.1. The maximum absolute atomic E-state index is 13.9. The number of fused-ring (bicyclic) bond motifs is 2. The van der Waals surface area contributed by atoms with Gasteiger partial charge < -0.3 is 10.3 Å². The van der Waals surface area contributed by atoms with Gasteiger partial charge in [-0.25, -0.2) is 13.8 Å². The highest BCUT2D eigenvalue weighted by molar-refractivity contribution is 6.30. The Balaban J connectivity index is 0.00000245. The third-order valence-electron chi connectivity index (χ3n) is 4.97. The first-order chi connectivity index (χ1) is 15.0. The first-order valence-electron chi connectivity index (χ1n) is 9.34. The first-order valence-corrected chi connectivity index (χ1v) is 9.72. The lowest BCUT2D eigenvalue weighted by Crippen LogP contribution is -2.24.